The van der Waals surface area contributed by atoms with Gasteiger partial charge in [0.25, 0.3) is 0 Å². The minimum absolute atomic E-state index is 0.0892. The fourth-order valence-corrected chi connectivity index (χ4v) is 3.26. The lowest BCUT2D eigenvalue weighted by molar-refractivity contribution is 0.502. The van der Waals surface area contributed by atoms with Gasteiger partial charge in [-0.15, -0.1) is 5.10 Å². The first kappa shape index (κ1) is 14.5. The molecule has 22 heavy (non-hydrogen) atoms. The Kier molecular flexibility index (Phi) is 3.80. The number of anilines is 1. The topological polar surface area (TPSA) is 94.7 Å². The molecule has 0 saturated carbocycles. The van der Waals surface area contributed by atoms with Crippen LogP contribution in [0.5, 0.6) is 0 Å². The van der Waals surface area contributed by atoms with Crippen LogP contribution >= 0.6 is 0 Å². The summed E-state index contributed by atoms with van der Waals surface area (Å²) in [6.45, 7) is 2.18. The molecule has 3 rings (SSSR count). The van der Waals surface area contributed by atoms with Crippen LogP contribution in [0, 0.1) is 0 Å². The van der Waals surface area contributed by atoms with Gasteiger partial charge in [-0.1, -0.05) is 24.3 Å². The second-order valence-corrected chi connectivity index (χ2v) is 6.75. The minimum atomic E-state index is -3.31. The van der Waals surface area contributed by atoms with E-state index in [4.69, 9.17) is 0 Å². The maximum atomic E-state index is 11.7. The molecule has 8 nitrogen and oxygen atoms in total. The van der Waals surface area contributed by atoms with Gasteiger partial charge in [0.15, 0.2) is 0 Å². The number of hydrogen-bond donors (Lipinski definition) is 1. The summed E-state index contributed by atoms with van der Waals surface area (Å²) >= 11 is 0. The quantitative estimate of drug-likeness (QED) is 0.738. The van der Waals surface area contributed by atoms with Crippen LogP contribution in [0.3, 0.4) is 0 Å². The normalized spacial score (nSPS) is 11.9. The largest absolute Gasteiger partial charge is 0.280 e. The molecule has 0 spiro atoms. The molecule has 0 aliphatic rings. The number of para-hydroxylation sites is 1. The third kappa shape index (κ3) is 3.08. The molecule has 0 atom stereocenters. The van der Waals surface area contributed by atoms with Gasteiger partial charge in [-0.3, -0.25) is 4.72 Å². The molecule has 0 aliphatic carbocycles. The van der Waals surface area contributed by atoms with E-state index in [0.717, 1.165) is 11.0 Å². The molecule has 0 unspecified atom stereocenters. The highest BCUT2D eigenvalue weighted by molar-refractivity contribution is 7.92. The lowest BCUT2D eigenvalue weighted by Gasteiger charge is -2.04. The number of aromatic nitrogens is 5. The summed E-state index contributed by atoms with van der Waals surface area (Å²) in [5, 5.41) is 12.3. The van der Waals surface area contributed by atoms with E-state index in [1.54, 1.807) is 15.6 Å². The Hall–Kier alpha value is -2.42. The number of benzene rings is 1. The monoisotopic (exact) mass is 320 g/mol. The highest BCUT2D eigenvalue weighted by atomic mass is 32.2. The highest BCUT2D eigenvalue weighted by Crippen LogP contribution is 2.12. The smallest absolute Gasteiger partial charge is 0.232 e. The summed E-state index contributed by atoms with van der Waals surface area (Å²) in [5.74, 6) is 0.0892. The Morgan fingerprint density at radius 1 is 1.27 bits per heavy atom. The Bertz CT molecular complexity index is 883. The van der Waals surface area contributed by atoms with Crippen molar-refractivity contribution in [3.63, 3.8) is 0 Å². The Balaban J connectivity index is 1.77. The fourth-order valence-electron chi connectivity index (χ4n) is 2.15. The van der Waals surface area contributed by atoms with Crippen LogP contribution in [0.25, 0.3) is 11.0 Å². The SMILES string of the molecule is CCCS(=O)(=O)Nc1cnn(Cn2nnc3ccccc32)c1. The van der Waals surface area contributed by atoms with E-state index in [1.807, 2.05) is 31.2 Å². The lowest BCUT2D eigenvalue weighted by Crippen LogP contribution is -2.15. The van der Waals surface area contributed by atoms with Crippen LogP contribution in [-0.2, 0) is 16.7 Å². The van der Waals surface area contributed by atoms with Gasteiger partial charge in [0.05, 0.1) is 29.4 Å². The van der Waals surface area contributed by atoms with Crippen molar-refractivity contribution in [3.05, 3.63) is 36.7 Å². The van der Waals surface area contributed by atoms with Crippen molar-refractivity contribution in [1.82, 2.24) is 24.8 Å². The first-order chi connectivity index (χ1) is 10.6. The average Bonchev–Trinajstić information content (AvgIpc) is 3.07. The Morgan fingerprint density at radius 3 is 2.91 bits per heavy atom. The third-order valence-electron chi connectivity index (χ3n) is 3.08. The van der Waals surface area contributed by atoms with Crippen LogP contribution in [0.15, 0.2) is 36.7 Å². The predicted molar refractivity (Wildman–Crippen MR) is 82.9 cm³/mol. The van der Waals surface area contributed by atoms with Crippen molar-refractivity contribution in [2.75, 3.05) is 10.5 Å². The molecule has 0 aliphatic heterocycles. The van der Waals surface area contributed by atoms with Crippen LogP contribution in [0.1, 0.15) is 13.3 Å². The van der Waals surface area contributed by atoms with Crippen molar-refractivity contribution in [2.45, 2.75) is 20.0 Å². The Morgan fingerprint density at radius 2 is 2.09 bits per heavy atom. The lowest BCUT2D eigenvalue weighted by atomic mass is 10.3. The third-order valence-corrected chi connectivity index (χ3v) is 4.57. The maximum absolute atomic E-state index is 11.7. The average molecular weight is 320 g/mol. The van der Waals surface area contributed by atoms with Gasteiger partial charge >= 0.3 is 0 Å². The Labute approximate surface area is 127 Å². The summed E-state index contributed by atoms with van der Waals surface area (Å²) in [6.07, 6.45) is 3.67. The molecule has 0 amide bonds. The van der Waals surface area contributed by atoms with Crippen molar-refractivity contribution < 1.29 is 8.42 Å². The molecule has 2 heterocycles. The zero-order valence-electron chi connectivity index (χ0n) is 12.0. The molecule has 0 bridgehead atoms. The molecule has 1 N–H and O–H groups in total. The number of sulfonamides is 1. The van der Waals surface area contributed by atoms with E-state index in [0.29, 0.717) is 18.8 Å². The van der Waals surface area contributed by atoms with Crippen molar-refractivity contribution in [3.8, 4) is 0 Å². The molecule has 1 aromatic carbocycles. The maximum Gasteiger partial charge on any atom is 0.232 e. The number of fused-ring (bicyclic) bond motifs is 1. The second kappa shape index (κ2) is 5.76. The molecule has 0 radical (unpaired) electrons. The highest BCUT2D eigenvalue weighted by Gasteiger charge is 2.11. The van der Waals surface area contributed by atoms with E-state index >= 15 is 0 Å². The molecule has 0 saturated heterocycles. The summed E-state index contributed by atoms with van der Waals surface area (Å²) < 4.78 is 29.3. The van der Waals surface area contributed by atoms with E-state index < -0.39 is 10.0 Å². The summed E-state index contributed by atoms with van der Waals surface area (Å²) in [4.78, 5) is 0. The molecular formula is C13H16N6O2S. The van der Waals surface area contributed by atoms with Gasteiger partial charge in [-0.2, -0.15) is 5.10 Å². The molecule has 116 valence electrons. The summed E-state index contributed by atoms with van der Waals surface area (Å²) in [7, 11) is -3.31. The van der Waals surface area contributed by atoms with E-state index in [1.165, 1.54) is 6.20 Å². The molecule has 3 aromatic rings. The first-order valence-corrected chi connectivity index (χ1v) is 8.54. The predicted octanol–water partition coefficient (Wildman–Crippen LogP) is 1.29. The van der Waals surface area contributed by atoms with E-state index in [2.05, 4.69) is 20.1 Å². The van der Waals surface area contributed by atoms with E-state index in [9.17, 15) is 8.42 Å². The number of nitrogens with one attached hydrogen (secondary N) is 1. The summed E-state index contributed by atoms with van der Waals surface area (Å²) in [5.41, 5.74) is 2.14. The molecule has 2 aromatic heterocycles. The zero-order valence-corrected chi connectivity index (χ0v) is 12.9. The molecule has 9 heteroatoms. The second-order valence-electron chi connectivity index (χ2n) is 4.91. The van der Waals surface area contributed by atoms with Gasteiger partial charge in [-0.25, -0.2) is 17.8 Å². The van der Waals surface area contributed by atoms with Crippen LogP contribution in [0.2, 0.25) is 0 Å². The first-order valence-electron chi connectivity index (χ1n) is 6.88. The fraction of sp³-hybridized carbons (Fsp3) is 0.308. The number of hydrogen-bond acceptors (Lipinski definition) is 5. The zero-order chi connectivity index (χ0) is 15.6. The van der Waals surface area contributed by atoms with Gasteiger partial charge in [-0.05, 0) is 18.6 Å². The van der Waals surface area contributed by atoms with Crippen LogP contribution in [-0.4, -0.2) is 38.9 Å². The number of nitrogens with zero attached hydrogens (tertiary/aromatic N) is 5. The van der Waals surface area contributed by atoms with Crippen molar-refractivity contribution in [1.29, 1.82) is 0 Å². The van der Waals surface area contributed by atoms with Gasteiger partial charge < -0.3 is 0 Å². The standard InChI is InChI=1S/C13H16N6O2S/c1-2-7-22(20,21)16-11-8-14-18(9-11)10-19-13-6-4-3-5-12(13)15-17-19/h3-6,8-9,16H,2,7,10H2,1H3. The van der Waals surface area contributed by atoms with Crippen molar-refractivity contribution in [2.24, 2.45) is 0 Å². The number of rotatable bonds is 6. The van der Waals surface area contributed by atoms with Crippen molar-refractivity contribution >= 4 is 26.7 Å². The van der Waals surface area contributed by atoms with Crippen LogP contribution in [0.4, 0.5) is 5.69 Å². The van der Waals surface area contributed by atoms with Gasteiger partial charge in [0.2, 0.25) is 10.0 Å². The minimum Gasteiger partial charge on any atom is -0.280 e. The van der Waals surface area contributed by atoms with Gasteiger partial charge in [0, 0.05) is 0 Å². The molecule has 0 fully saturated rings. The summed E-state index contributed by atoms with van der Waals surface area (Å²) in [6, 6.07) is 7.61. The van der Waals surface area contributed by atoms with Gasteiger partial charge in [0.1, 0.15) is 12.2 Å². The van der Waals surface area contributed by atoms with E-state index in [-0.39, 0.29) is 5.75 Å². The molecular weight excluding hydrogens is 304 g/mol. The van der Waals surface area contributed by atoms with Crippen LogP contribution < -0.4 is 4.72 Å².